The van der Waals surface area contributed by atoms with Crippen molar-refractivity contribution in [2.45, 2.75) is 25.8 Å². The molecular formula is C15H23BrClN3O. The lowest BCUT2D eigenvalue weighted by atomic mass is 9.92. The topological polar surface area (TPSA) is 58.4 Å². The minimum Gasteiger partial charge on any atom is -0.329 e. The summed E-state index contributed by atoms with van der Waals surface area (Å²) in [7, 11) is 0. The summed E-state index contributed by atoms with van der Waals surface area (Å²) in [6.07, 6.45) is 2.22. The van der Waals surface area contributed by atoms with Gasteiger partial charge in [0.15, 0.2) is 0 Å². The van der Waals surface area contributed by atoms with E-state index in [1.165, 1.54) is 0 Å². The number of para-hydroxylation sites is 1. The predicted molar refractivity (Wildman–Crippen MR) is 92.8 cm³/mol. The van der Waals surface area contributed by atoms with Crippen LogP contribution in [0.3, 0.4) is 0 Å². The van der Waals surface area contributed by atoms with Crippen LogP contribution in [0.2, 0.25) is 0 Å². The van der Waals surface area contributed by atoms with Gasteiger partial charge in [0, 0.05) is 17.1 Å². The number of carbonyl (C=O) groups is 1. The minimum atomic E-state index is 0. The van der Waals surface area contributed by atoms with E-state index in [1.54, 1.807) is 0 Å². The largest absolute Gasteiger partial charge is 0.329 e. The molecule has 1 aromatic rings. The molecule has 1 aliphatic rings. The maximum Gasteiger partial charge on any atom is 0.238 e. The summed E-state index contributed by atoms with van der Waals surface area (Å²) in [6, 6.07) is 7.97. The van der Waals surface area contributed by atoms with Crippen molar-refractivity contribution in [3.8, 4) is 0 Å². The lowest BCUT2D eigenvalue weighted by molar-refractivity contribution is -0.118. The van der Waals surface area contributed by atoms with E-state index >= 15 is 0 Å². The van der Waals surface area contributed by atoms with Crippen LogP contribution in [0.25, 0.3) is 0 Å². The van der Waals surface area contributed by atoms with Crippen molar-refractivity contribution >= 4 is 39.9 Å². The van der Waals surface area contributed by atoms with Gasteiger partial charge in [-0.25, -0.2) is 0 Å². The number of hydrogen-bond donors (Lipinski definition) is 2. The molecule has 1 amide bonds. The minimum absolute atomic E-state index is 0. The molecule has 0 bridgehead atoms. The monoisotopic (exact) mass is 375 g/mol. The number of nitrogens with one attached hydrogen (secondary N) is 1. The third-order valence-electron chi connectivity index (χ3n) is 3.87. The Bertz CT molecular complexity index is 472. The molecule has 0 radical (unpaired) electrons. The molecular weight excluding hydrogens is 354 g/mol. The van der Waals surface area contributed by atoms with Gasteiger partial charge in [0.1, 0.15) is 0 Å². The average Bonchev–Trinajstić information content (AvgIpc) is 2.43. The number of nitrogens with two attached hydrogens (primary N) is 1. The SMILES string of the molecule is CC1CCN(CC(=O)Nc2ccccc2Br)C(CN)C1.Cl. The molecule has 1 fully saturated rings. The van der Waals surface area contributed by atoms with E-state index < -0.39 is 0 Å². The summed E-state index contributed by atoms with van der Waals surface area (Å²) in [5, 5.41) is 2.95. The molecule has 2 unspecified atom stereocenters. The van der Waals surface area contributed by atoms with Crippen LogP contribution in [0, 0.1) is 5.92 Å². The molecule has 2 atom stereocenters. The highest BCUT2D eigenvalue weighted by molar-refractivity contribution is 9.10. The number of benzene rings is 1. The summed E-state index contributed by atoms with van der Waals surface area (Å²) in [6.45, 7) is 4.23. The number of amides is 1. The lowest BCUT2D eigenvalue weighted by Gasteiger charge is -2.37. The molecule has 118 valence electrons. The zero-order valence-electron chi connectivity index (χ0n) is 12.2. The van der Waals surface area contributed by atoms with Gasteiger partial charge in [-0.2, -0.15) is 0 Å². The van der Waals surface area contributed by atoms with Crippen LogP contribution in [0.5, 0.6) is 0 Å². The van der Waals surface area contributed by atoms with Crippen LogP contribution in [0.4, 0.5) is 5.69 Å². The highest BCUT2D eigenvalue weighted by Gasteiger charge is 2.26. The van der Waals surface area contributed by atoms with Crippen LogP contribution in [-0.4, -0.2) is 36.5 Å². The number of likely N-dealkylation sites (tertiary alicyclic amines) is 1. The van der Waals surface area contributed by atoms with E-state index in [9.17, 15) is 4.79 Å². The van der Waals surface area contributed by atoms with Crippen molar-refractivity contribution in [1.82, 2.24) is 4.90 Å². The molecule has 1 aromatic carbocycles. The Balaban J connectivity index is 0.00000220. The first-order chi connectivity index (χ1) is 9.60. The molecule has 0 spiro atoms. The third kappa shape index (κ3) is 5.25. The van der Waals surface area contributed by atoms with Crippen LogP contribution >= 0.6 is 28.3 Å². The molecule has 1 heterocycles. The highest BCUT2D eigenvalue weighted by Crippen LogP contribution is 2.23. The van der Waals surface area contributed by atoms with E-state index in [0.29, 0.717) is 25.0 Å². The van der Waals surface area contributed by atoms with Crippen molar-refractivity contribution < 1.29 is 4.79 Å². The molecule has 1 saturated heterocycles. The fraction of sp³-hybridized carbons (Fsp3) is 0.533. The summed E-state index contributed by atoms with van der Waals surface area (Å²) < 4.78 is 0.899. The Hall–Kier alpha value is -0.620. The van der Waals surface area contributed by atoms with Crippen molar-refractivity contribution in [2.75, 3.05) is 25.0 Å². The second-order valence-corrected chi connectivity index (χ2v) is 6.37. The molecule has 0 saturated carbocycles. The Morgan fingerprint density at radius 2 is 2.19 bits per heavy atom. The van der Waals surface area contributed by atoms with Crippen LogP contribution < -0.4 is 11.1 Å². The summed E-state index contributed by atoms with van der Waals surface area (Å²) in [5.41, 5.74) is 6.64. The Morgan fingerprint density at radius 1 is 1.48 bits per heavy atom. The van der Waals surface area contributed by atoms with E-state index in [4.69, 9.17) is 5.73 Å². The summed E-state index contributed by atoms with van der Waals surface area (Å²) in [5.74, 6) is 0.719. The number of anilines is 1. The molecule has 0 aliphatic carbocycles. The first-order valence-electron chi connectivity index (χ1n) is 7.08. The standard InChI is InChI=1S/C15H22BrN3O.ClH/c1-11-6-7-19(12(8-11)9-17)10-15(20)18-14-5-3-2-4-13(14)16;/h2-5,11-12H,6-10,17H2,1H3,(H,18,20);1H. The molecule has 4 nitrogen and oxygen atoms in total. The van der Waals surface area contributed by atoms with Crippen molar-refractivity contribution in [2.24, 2.45) is 11.7 Å². The zero-order chi connectivity index (χ0) is 14.5. The molecule has 0 aromatic heterocycles. The number of halogens is 2. The first kappa shape index (κ1) is 18.4. The predicted octanol–water partition coefficient (Wildman–Crippen LogP) is 2.87. The van der Waals surface area contributed by atoms with Gasteiger partial charge in [-0.15, -0.1) is 12.4 Å². The second kappa shape index (κ2) is 8.73. The third-order valence-corrected chi connectivity index (χ3v) is 4.56. The van der Waals surface area contributed by atoms with Crippen molar-refractivity contribution in [3.05, 3.63) is 28.7 Å². The zero-order valence-corrected chi connectivity index (χ0v) is 14.6. The fourth-order valence-corrected chi connectivity index (χ4v) is 3.07. The van der Waals surface area contributed by atoms with Gasteiger partial charge in [0.25, 0.3) is 0 Å². The highest BCUT2D eigenvalue weighted by atomic mass is 79.9. The Labute approximate surface area is 141 Å². The number of nitrogens with zero attached hydrogens (tertiary/aromatic N) is 1. The molecule has 2 rings (SSSR count). The molecule has 3 N–H and O–H groups in total. The van der Waals surface area contributed by atoms with E-state index in [0.717, 1.165) is 29.5 Å². The smallest absolute Gasteiger partial charge is 0.238 e. The first-order valence-corrected chi connectivity index (χ1v) is 7.88. The van der Waals surface area contributed by atoms with Gasteiger partial charge < -0.3 is 11.1 Å². The quantitative estimate of drug-likeness (QED) is 0.849. The maximum atomic E-state index is 12.2. The maximum absolute atomic E-state index is 12.2. The number of rotatable bonds is 4. The number of piperidine rings is 1. The van der Waals surface area contributed by atoms with Gasteiger partial charge in [-0.05, 0) is 53.4 Å². The summed E-state index contributed by atoms with van der Waals surface area (Å²) in [4.78, 5) is 14.4. The Kier molecular flexibility index (Phi) is 7.66. The average molecular weight is 377 g/mol. The number of hydrogen-bond acceptors (Lipinski definition) is 3. The van der Waals surface area contributed by atoms with E-state index in [1.807, 2.05) is 24.3 Å². The molecule has 1 aliphatic heterocycles. The molecule has 21 heavy (non-hydrogen) atoms. The lowest BCUT2D eigenvalue weighted by Crippen LogP contribution is -2.49. The molecule has 6 heteroatoms. The normalized spacial score (nSPS) is 22.4. The van der Waals surface area contributed by atoms with Gasteiger partial charge >= 0.3 is 0 Å². The van der Waals surface area contributed by atoms with E-state index in [-0.39, 0.29) is 18.3 Å². The van der Waals surface area contributed by atoms with Crippen LogP contribution in [0.1, 0.15) is 19.8 Å². The van der Waals surface area contributed by atoms with E-state index in [2.05, 4.69) is 33.1 Å². The number of carbonyl (C=O) groups excluding carboxylic acids is 1. The van der Waals surface area contributed by atoms with Gasteiger partial charge in [-0.1, -0.05) is 19.1 Å². The van der Waals surface area contributed by atoms with Crippen molar-refractivity contribution in [3.63, 3.8) is 0 Å². The summed E-state index contributed by atoms with van der Waals surface area (Å²) >= 11 is 3.44. The Morgan fingerprint density at radius 3 is 2.86 bits per heavy atom. The van der Waals surface area contributed by atoms with Crippen LogP contribution in [-0.2, 0) is 4.79 Å². The van der Waals surface area contributed by atoms with Crippen molar-refractivity contribution in [1.29, 1.82) is 0 Å². The van der Waals surface area contributed by atoms with Gasteiger partial charge in [0.05, 0.1) is 12.2 Å². The van der Waals surface area contributed by atoms with Gasteiger partial charge in [-0.3, -0.25) is 9.69 Å². The second-order valence-electron chi connectivity index (χ2n) is 5.52. The van der Waals surface area contributed by atoms with Crippen LogP contribution in [0.15, 0.2) is 28.7 Å². The van der Waals surface area contributed by atoms with Gasteiger partial charge in [0.2, 0.25) is 5.91 Å². The fourth-order valence-electron chi connectivity index (χ4n) is 2.69.